The zero-order valence-corrected chi connectivity index (χ0v) is 17.4. The molecule has 0 radical (unpaired) electrons. The lowest BCUT2D eigenvalue weighted by Gasteiger charge is -2.26. The van der Waals surface area contributed by atoms with E-state index in [4.69, 9.17) is 4.74 Å². The van der Waals surface area contributed by atoms with Crippen molar-refractivity contribution in [2.75, 3.05) is 18.6 Å². The number of nitrogens with one attached hydrogen (secondary N) is 2. The average molecular weight is 516 g/mol. The van der Waals surface area contributed by atoms with Gasteiger partial charge in [0.25, 0.3) is 5.91 Å². The van der Waals surface area contributed by atoms with Gasteiger partial charge in [0.1, 0.15) is 5.75 Å². The molecule has 0 fully saturated rings. The van der Waals surface area contributed by atoms with Crippen molar-refractivity contribution >= 4 is 40.1 Å². The lowest BCUT2D eigenvalue weighted by atomic mass is 9.98. The molecule has 0 atom stereocenters. The first-order valence-corrected chi connectivity index (χ1v) is 9.83. The second-order valence-corrected chi connectivity index (χ2v) is 7.72. The monoisotopic (exact) mass is 516 g/mol. The Balaban J connectivity index is 1.81. The van der Waals surface area contributed by atoms with Crippen molar-refractivity contribution in [1.29, 1.82) is 0 Å². The number of hydrogen-bond donors (Lipinski definition) is 2. The molecule has 29 heavy (non-hydrogen) atoms. The third-order valence-electron chi connectivity index (χ3n) is 4.81. The van der Waals surface area contributed by atoms with E-state index in [9.17, 15) is 18.0 Å². The van der Waals surface area contributed by atoms with Crippen LogP contribution >= 0.6 is 22.6 Å². The van der Waals surface area contributed by atoms with Crippen LogP contribution in [0.1, 0.15) is 27.0 Å². The van der Waals surface area contributed by atoms with Crippen LogP contribution in [0.2, 0.25) is 0 Å². The molecular weight excluding hydrogens is 500 g/mol. The van der Waals surface area contributed by atoms with E-state index in [1.807, 2.05) is 18.2 Å². The number of anilines is 1. The van der Waals surface area contributed by atoms with Gasteiger partial charge in [-0.2, -0.15) is 13.2 Å². The molecule has 1 amide bonds. The van der Waals surface area contributed by atoms with Crippen molar-refractivity contribution in [3.63, 3.8) is 0 Å². The van der Waals surface area contributed by atoms with Gasteiger partial charge in [-0.25, -0.2) is 10.3 Å². The Morgan fingerprint density at radius 2 is 2.07 bits per heavy atom. The van der Waals surface area contributed by atoms with E-state index in [0.717, 1.165) is 30.2 Å². The minimum absolute atomic E-state index is 0.0350. The zero-order chi connectivity index (χ0) is 20.8. The van der Waals surface area contributed by atoms with Crippen LogP contribution in [-0.2, 0) is 19.1 Å². The number of halogens is 4. The number of fused-ring (bicyclic) bond motifs is 1. The third-order valence-corrected chi connectivity index (χ3v) is 5.70. The Labute approximate surface area is 178 Å². The van der Waals surface area contributed by atoms with Gasteiger partial charge in [0.05, 0.1) is 23.9 Å². The summed E-state index contributed by atoms with van der Waals surface area (Å²) in [6.45, 7) is 1.46. The molecule has 4 rings (SSSR count). The summed E-state index contributed by atoms with van der Waals surface area (Å²) in [5.41, 5.74) is 4.62. The highest BCUT2D eigenvalue weighted by Crippen LogP contribution is 2.38. The smallest absolute Gasteiger partial charge is 0.417 e. The second-order valence-electron chi connectivity index (χ2n) is 6.56. The maximum absolute atomic E-state index is 13.4. The van der Waals surface area contributed by atoms with Gasteiger partial charge in [-0.3, -0.25) is 4.79 Å². The molecule has 2 aromatic carbocycles. The van der Waals surface area contributed by atoms with Gasteiger partial charge >= 0.3 is 6.18 Å². The standard InChI is InChI=1S/C19H16F3IN4O2/c1-29-16-8-13(19(20,21)22)14(23)7-12(16)17(28)27(18-25-26-18)15-4-2-3-10-9-24-6-5-11(10)15/h2-4,7-8,24H,5-6,9H2,1H3,(H,25,26). The van der Waals surface area contributed by atoms with Gasteiger partial charge in [0.2, 0.25) is 5.96 Å². The summed E-state index contributed by atoms with van der Waals surface area (Å²) in [4.78, 5) is 14.8. The minimum atomic E-state index is -4.54. The number of nitrogens with zero attached hydrogens (tertiary/aromatic N) is 2. The molecule has 2 N–H and O–H groups in total. The van der Waals surface area contributed by atoms with Crippen molar-refractivity contribution in [3.05, 3.63) is 56.2 Å². The molecule has 2 aromatic rings. The molecule has 10 heteroatoms. The molecule has 0 saturated carbocycles. The number of guanidine groups is 1. The number of methoxy groups -OCH3 is 1. The molecule has 0 aromatic heterocycles. The highest BCUT2D eigenvalue weighted by atomic mass is 127. The maximum atomic E-state index is 13.4. The largest absolute Gasteiger partial charge is 0.496 e. The summed E-state index contributed by atoms with van der Waals surface area (Å²) in [7, 11) is 1.24. The van der Waals surface area contributed by atoms with E-state index in [1.54, 1.807) is 22.6 Å². The normalized spacial score (nSPS) is 15.1. The van der Waals surface area contributed by atoms with Crippen LogP contribution in [0, 0.1) is 3.57 Å². The lowest BCUT2D eigenvalue weighted by Crippen LogP contribution is -2.37. The van der Waals surface area contributed by atoms with Crippen molar-refractivity contribution < 1.29 is 22.7 Å². The molecule has 6 nitrogen and oxygen atoms in total. The van der Waals surface area contributed by atoms with E-state index in [1.165, 1.54) is 18.1 Å². The fourth-order valence-electron chi connectivity index (χ4n) is 3.39. The summed E-state index contributed by atoms with van der Waals surface area (Å²) in [5, 5.41) is 7.22. The second kappa shape index (κ2) is 7.48. The Morgan fingerprint density at radius 3 is 2.72 bits per heavy atom. The van der Waals surface area contributed by atoms with Crippen molar-refractivity contribution in [3.8, 4) is 5.75 Å². The molecule has 2 heterocycles. The van der Waals surface area contributed by atoms with Crippen LogP contribution in [0.25, 0.3) is 0 Å². The van der Waals surface area contributed by atoms with Crippen LogP contribution in [0.15, 0.2) is 35.4 Å². The maximum Gasteiger partial charge on any atom is 0.417 e. The number of carbonyl (C=O) groups excluding carboxylic acids is 1. The third kappa shape index (κ3) is 3.78. The zero-order valence-electron chi connectivity index (χ0n) is 15.2. The first-order chi connectivity index (χ1) is 13.8. The highest BCUT2D eigenvalue weighted by molar-refractivity contribution is 14.1. The molecular formula is C19H16F3IN4O2. The van der Waals surface area contributed by atoms with Crippen LogP contribution in [0.5, 0.6) is 5.75 Å². The minimum Gasteiger partial charge on any atom is -0.496 e. The first kappa shape index (κ1) is 20.0. The Bertz CT molecular complexity index is 1020. The summed E-state index contributed by atoms with van der Waals surface area (Å²) < 4.78 is 44.8. The number of amides is 1. The fraction of sp³-hybridized carbons (Fsp3) is 0.263. The molecule has 152 valence electrons. The number of alkyl halides is 3. The molecule has 2 aliphatic heterocycles. The number of rotatable bonds is 3. The predicted molar refractivity (Wildman–Crippen MR) is 110 cm³/mol. The van der Waals surface area contributed by atoms with Gasteiger partial charge < -0.3 is 10.1 Å². The molecule has 0 bridgehead atoms. The van der Waals surface area contributed by atoms with Crippen molar-refractivity contribution in [2.45, 2.75) is 19.1 Å². The van der Waals surface area contributed by atoms with Crippen molar-refractivity contribution in [2.24, 2.45) is 5.10 Å². The molecule has 0 spiro atoms. The number of ether oxygens (including phenoxy) is 1. The summed E-state index contributed by atoms with van der Waals surface area (Å²) in [5.74, 6) is -0.302. The molecule has 0 unspecified atom stereocenters. The van der Waals surface area contributed by atoms with Gasteiger partial charge in [-0.05, 0) is 64.9 Å². The van der Waals surface area contributed by atoms with E-state index >= 15 is 0 Å². The number of hydrazone groups is 1. The van der Waals surface area contributed by atoms with Gasteiger partial charge in [0.15, 0.2) is 0 Å². The summed E-state index contributed by atoms with van der Waals surface area (Å²) in [6.07, 6.45) is -3.82. The Morgan fingerprint density at radius 1 is 1.31 bits per heavy atom. The Hall–Kier alpha value is -2.34. The molecule has 0 aliphatic carbocycles. The quantitative estimate of drug-likeness (QED) is 0.613. The van der Waals surface area contributed by atoms with Crippen LogP contribution < -0.4 is 20.4 Å². The van der Waals surface area contributed by atoms with E-state index < -0.39 is 17.6 Å². The van der Waals surface area contributed by atoms with E-state index in [2.05, 4.69) is 15.8 Å². The fourth-order valence-corrected chi connectivity index (χ4v) is 4.17. The summed E-state index contributed by atoms with van der Waals surface area (Å²) >= 11 is 1.58. The van der Waals surface area contributed by atoms with Gasteiger partial charge in [0, 0.05) is 10.1 Å². The van der Waals surface area contributed by atoms with Gasteiger partial charge in [-0.1, -0.05) is 12.1 Å². The summed E-state index contributed by atoms with van der Waals surface area (Å²) in [6, 6.07) is 7.71. The highest BCUT2D eigenvalue weighted by Gasteiger charge is 2.37. The molecule has 0 saturated heterocycles. The first-order valence-electron chi connectivity index (χ1n) is 8.75. The predicted octanol–water partition coefficient (Wildman–Crippen LogP) is 3.49. The number of carbonyl (C=O) groups is 1. The Kier molecular flexibility index (Phi) is 5.15. The number of hydrogen-bond acceptors (Lipinski definition) is 5. The van der Waals surface area contributed by atoms with E-state index in [0.29, 0.717) is 18.2 Å². The van der Waals surface area contributed by atoms with Crippen molar-refractivity contribution in [1.82, 2.24) is 10.7 Å². The SMILES string of the molecule is COc1cc(C(F)(F)F)c(I)cc1C(=O)N(C1=NN1)c1cccc2c1CCNC2. The molecule has 2 aliphatic rings. The number of benzene rings is 2. The average Bonchev–Trinajstić information content (AvgIpc) is 3.52. The topological polar surface area (TPSA) is 75.9 Å². The van der Waals surface area contributed by atoms with Crippen LogP contribution in [-0.4, -0.2) is 25.5 Å². The van der Waals surface area contributed by atoms with Crippen LogP contribution in [0.4, 0.5) is 18.9 Å². The van der Waals surface area contributed by atoms with E-state index in [-0.39, 0.29) is 14.9 Å². The van der Waals surface area contributed by atoms with Crippen LogP contribution in [0.3, 0.4) is 0 Å². The van der Waals surface area contributed by atoms with Gasteiger partial charge in [-0.15, -0.1) is 5.10 Å². The lowest BCUT2D eigenvalue weighted by molar-refractivity contribution is -0.138.